The van der Waals surface area contributed by atoms with Gasteiger partial charge >= 0.3 is 0 Å². The smallest absolute Gasteiger partial charge is 0.300 e. The molecule has 0 bridgehead atoms. The number of nitrogens with zero attached hydrogens (tertiary/aromatic N) is 1. The van der Waals surface area contributed by atoms with Gasteiger partial charge in [-0.2, -0.15) is 0 Å². The van der Waals surface area contributed by atoms with Crippen molar-refractivity contribution in [1.29, 1.82) is 0 Å². The molecule has 0 saturated carbocycles. The Morgan fingerprint density at radius 1 is 1.03 bits per heavy atom. The molecule has 1 fully saturated rings. The van der Waals surface area contributed by atoms with Gasteiger partial charge in [-0.3, -0.25) is 14.5 Å². The van der Waals surface area contributed by atoms with E-state index in [1.54, 1.807) is 43.3 Å². The van der Waals surface area contributed by atoms with Crippen LogP contribution in [0.3, 0.4) is 0 Å². The van der Waals surface area contributed by atoms with Crippen LogP contribution in [0.25, 0.3) is 5.76 Å². The third-order valence-electron chi connectivity index (χ3n) is 6.33. The first-order valence-corrected chi connectivity index (χ1v) is 11.8. The van der Waals surface area contributed by atoms with E-state index in [0.29, 0.717) is 41.0 Å². The Morgan fingerprint density at radius 3 is 2.40 bits per heavy atom. The standard InChI is InChI=1S/C29H31NO5/c1-16(2)15-34-23-13-11-21(14-18(23)4)27(31)25-26(24-12-10-19(5)35-24)30(29(33)28(25)32)22-9-7-8-17(3)20(22)6/h7-14,16,26,31H,15H2,1-6H3/b27-25-. The molecule has 1 N–H and O–H groups in total. The van der Waals surface area contributed by atoms with Crippen molar-refractivity contribution < 1.29 is 23.8 Å². The maximum Gasteiger partial charge on any atom is 0.300 e. The highest BCUT2D eigenvalue weighted by molar-refractivity contribution is 6.51. The van der Waals surface area contributed by atoms with Crippen LogP contribution in [0.2, 0.25) is 0 Å². The highest BCUT2D eigenvalue weighted by atomic mass is 16.5. The maximum atomic E-state index is 13.3. The summed E-state index contributed by atoms with van der Waals surface area (Å²) in [6.45, 7) is 12.3. The molecule has 3 aromatic rings. The number of aryl methyl sites for hydroxylation is 3. The average Bonchev–Trinajstić information content (AvgIpc) is 3.35. The minimum absolute atomic E-state index is 0.000468. The minimum Gasteiger partial charge on any atom is -0.507 e. The first-order chi connectivity index (χ1) is 16.6. The number of anilines is 1. The molecule has 182 valence electrons. The molecule has 0 aliphatic carbocycles. The van der Waals surface area contributed by atoms with E-state index in [9.17, 15) is 14.7 Å². The first kappa shape index (κ1) is 24.3. The number of aliphatic hydroxyl groups is 1. The Hall–Kier alpha value is -3.80. The summed E-state index contributed by atoms with van der Waals surface area (Å²) in [5, 5.41) is 11.4. The van der Waals surface area contributed by atoms with Gasteiger partial charge in [0.1, 0.15) is 29.1 Å². The fraction of sp³-hybridized carbons (Fsp3) is 0.310. The molecule has 0 spiro atoms. The number of carbonyl (C=O) groups excluding carboxylic acids is 2. The summed E-state index contributed by atoms with van der Waals surface area (Å²) in [7, 11) is 0. The van der Waals surface area contributed by atoms with Crippen LogP contribution in [-0.4, -0.2) is 23.4 Å². The van der Waals surface area contributed by atoms with Crippen LogP contribution < -0.4 is 9.64 Å². The van der Waals surface area contributed by atoms with Crippen LogP contribution in [0.1, 0.15) is 53.7 Å². The van der Waals surface area contributed by atoms with Crippen molar-refractivity contribution in [2.75, 3.05) is 11.5 Å². The van der Waals surface area contributed by atoms with Gasteiger partial charge in [-0.25, -0.2) is 0 Å². The Kier molecular flexibility index (Phi) is 6.57. The molecule has 1 atom stereocenters. The highest BCUT2D eigenvalue weighted by Crippen LogP contribution is 2.44. The molecule has 1 amide bonds. The van der Waals surface area contributed by atoms with Crippen LogP contribution in [0, 0.1) is 33.6 Å². The number of amides is 1. The summed E-state index contributed by atoms with van der Waals surface area (Å²) < 4.78 is 11.7. The van der Waals surface area contributed by atoms with Crippen LogP contribution in [-0.2, 0) is 9.59 Å². The molecule has 6 heteroatoms. The number of ether oxygens (including phenoxy) is 1. The molecule has 2 aromatic carbocycles. The largest absolute Gasteiger partial charge is 0.507 e. The summed E-state index contributed by atoms with van der Waals surface area (Å²) in [6.07, 6.45) is 0. The Labute approximate surface area is 205 Å². The van der Waals surface area contributed by atoms with Crippen molar-refractivity contribution in [1.82, 2.24) is 0 Å². The number of rotatable bonds is 6. The van der Waals surface area contributed by atoms with E-state index in [0.717, 1.165) is 16.7 Å². The lowest BCUT2D eigenvalue weighted by atomic mass is 9.97. The van der Waals surface area contributed by atoms with Crippen molar-refractivity contribution in [3.05, 3.63) is 87.9 Å². The zero-order valence-electron chi connectivity index (χ0n) is 21.0. The van der Waals surface area contributed by atoms with Gasteiger partial charge < -0.3 is 14.3 Å². The number of hydrogen-bond donors (Lipinski definition) is 1. The summed E-state index contributed by atoms with van der Waals surface area (Å²) in [6, 6.07) is 13.5. The fourth-order valence-corrected chi connectivity index (χ4v) is 4.32. The van der Waals surface area contributed by atoms with Gasteiger partial charge in [-0.05, 0) is 86.7 Å². The van der Waals surface area contributed by atoms with Crippen molar-refractivity contribution in [2.24, 2.45) is 5.92 Å². The predicted molar refractivity (Wildman–Crippen MR) is 136 cm³/mol. The van der Waals surface area contributed by atoms with Crippen molar-refractivity contribution >= 4 is 23.1 Å². The third-order valence-corrected chi connectivity index (χ3v) is 6.33. The monoisotopic (exact) mass is 473 g/mol. The first-order valence-electron chi connectivity index (χ1n) is 11.8. The summed E-state index contributed by atoms with van der Waals surface area (Å²) in [5.41, 5.74) is 3.74. The van der Waals surface area contributed by atoms with Gasteiger partial charge in [0.15, 0.2) is 0 Å². The van der Waals surface area contributed by atoms with Crippen LogP contribution in [0.15, 0.2) is 58.5 Å². The van der Waals surface area contributed by atoms with Gasteiger partial charge in [0.05, 0.1) is 12.2 Å². The van der Waals surface area contributed by atoms with E-state index in [1.807, 2.05) is 32.9 Å². The van der Waals surface area contributed by atoms with E-state index < -0.39 is 17.7 Å². The molecule has 0 radical (unpaired) electrons. The predicted octanol–water partition coefficient (Wildman–Crippen LogP) is 6.17. The zero-order chi connectivity index (χ0) is 25.4. The molecular formula is C29H31NO5. The second kappa shape index (κ2) is 9.45. The van der Waals surface area contributed by atoms with Crippen LogP contribution >= 0.6 is 0 Å². The van der Waals surface area contributed by atoms with Gasteiger partial charge in [0, 0.05) is 11.3 Å². The van der Waals surface area contributed by atoms with Gasteiger partial charge in [0.25, 0.3) is 11.7 Å². The third kappa shape index (κ3) is 4.48. The van der Waals surface area contributed by atoms with E-state index >= 15 is 0 Å². The molecule has 1 saturated heterocycles. The topological polar surface area (TPSA) is 80.0 Å². The second-order valence-corrected chi connectivity index (χ2v) is 9.52. The molecule has 1 aliphatic heterocycles. The molecule has 4 rings (SSSR count). The van der Waals surface area contributed by atoms with Crippen molar-refractivity contribution in [3.8, 4) is 5.75 Å². The lowest BCUT2D eigenvalue weighted by molar-refractivity contribution is -0.132. The lowest BCUT2D eigenvalue weighted by Crippen LogP contribution is -2.30. The van der Waals surface area contributed by atoms with Gasteiger partial charge in [-0.15, -0.1) is 0 Å². The second-order valence-electron chi connectivity index (χ2n) is 9.52. The van der Waals surface area contributed by atoms with E-state index in [1.165, 1.54) is 4.90 Å². The molecule has 1 aromatic heterocycles. The summed E-state index contributed by atoms with van der Waals surface area (Å²) in [4.78, 5) is 28.1. The number of carbonyl (C=O) groups is 2. The quantitative estimate of drug-likeness (QED) is 0.263. The summed E-state index contributed by atoms with van der Waals surface area (Å²) >= 11 is 0. The zero-order valence-corrected chi connectivity index (χ0v) is 21.0. The minimum atomic E-state index is -0.888. The van der Waals surface area contributed by atoms with Crippen LogP contribution in [0.4, 0.5) is 5.69 Å². The fourth-order valence-electron chi connectivity index (χ4n) is 4.32. The molecular weight excluding hydrogens is 442 g/mol. The normalized spacial score (nSPS) is 17.5. The molecule has 1 aliphatic rings. The number of ketones is 1. The molecule has 35 heavy (non-hydrogen) atoms. The molecule has 6 nitrogen and oxygen atoms in total. The Balaban J connectivity index is 1.86. The van der Waals surface area contributed by atoms with Crippen LogP contribution in [0.5, 0.6) is 5.75 Å². The average molecular weight is 474 g/mol. The van der Waals surface area contributed by atoms with Crippen molar-refractivity contribution in [2.45, 2.75) is 47.6 Å². The van der Waals surface area contributed by atoms with Gasteiger partial charge in [0.2, 0.25) is 0 Å². The van der Waals surface area contributed by atoms with E-state index in [-0.39, 0.29) is 11.3 Å². The van der Waals surface area contributed by atoms with E-state index in [4.69, 9.17) is 9.15 Å². The lowest BCUT2D eigenvalue weighted by Gasteiger charge is -2.25. The number of benzene rings is 2. The number of Topliss-reactive ketones (excluding diaryl/α,β-unsaturated/α-hetero) is 1. The highest BCUT2D eigenvalue weighted by Gasteiger charge is 2.48. The number of aliphatic hydroxyl groups excluding tert-OH is 1. The maximum absolute atomic E-state index is 13.3. The molecule has 2 heterocycles. The number of hydrogen-bond acceptors (Lipinski definition) is 5. The SMILES string of the molecule is Cc1ccc(C2/C(=C(/O)c3ccc(OCC(C)C)c(C)c3)C(=O)C(=O)N2c2cccc(C)c2C)o1. The molecule has 1 unspecified atom stereocenters. The number of furan rings is 1. The van der Waals surface area contributed by atoms with Crippen molar-refractivity contribution in [3.63, 3.8) is 0 Å². The Morgan fingerprint density at radius 2 is 1.77 bits per heavy atom. The summed E-state index contributed by atoms with van der Waals surface area (Å²) in [5.74, 6) is 0.457. The van der Waals surface area contributed by atoms with Gasteiger partial charge in [-0.1, -0.05) is 26.0 Å². The Bertz CT molecular complexity index is 1330. The van der Waals surface area contributed by atoms with E-state index in [2.05, 4.69) is 13.8 Å².